The smallest absolute Gasteiger partial charge is 0.118 e. The van der Waals surface area contributed by atoms with Crippen LogP contribution in [0.3, 0.4) is 0 Å². The van der Waals surface area contributed by atoms with Gasteiger partial charge in [0.25, 0.3) is 0 Å². The summed E-state index contributed by atoms with van der Waals surface area (Å²) in [6, 6.07) is 2.14. The van der Waals surface area contributed by atoms with Crippen LogP contribution in [-0.4, -0.2) is 38.3 Å². The van der Waals surface area contributed by atoms with Gasteiger partial charge in [0.2, 0.25) is 0 Å². The van der Waals surface area contributed by atoms with Gasteiger partial charge in [-0.1, -0.05) is 13.8 Å². The molecule has 0 atom stereocenters. The van der Waals surface area contributed by atoms with Gasteiger partial charge in [0, 0.05) is 25.8 Å². The van der Waals surface area contributed by atoms with Crippen molar-refractivity contribution in [1.82, 2.24) is 10.2 Å². The van der Waals surface area contributed by atoms with E-state index in [9.17, 15) is 0 Å². The van der Waals surface area contributed by atoms with Gasteiger partial charge in [0.15, 0.2) is 0 Å². The molecule has 4 nitrogen and oxygen atoms in total. The van der Waals surface area contributed by atoms with Gasteiger partial charge < -0.3 is 14.5 Å². The Kier molecular flexibility index (Phi) is 7.73. The first kappa shape index (κ1) is 15.2. The number of hydrogen-bond acceptors (Lipinski definition) is 4. The summed E-state index contributed by atoms with van der Waals surface area (Å²) < 4.78 is 10.7. The molecular weight excluding hydrogens is 228 g/mol. The van der Waals surface area contributed by atoms with Gasteiger partial charge in [-0.15, -0.1) is 0 Å². The van der Waals surface area contributed by atoms with Crippen molar-refractivity contribution in [2.45, 2.75) is 33.4 Å². The first-order chi connectivity index (χ1) is 8.80. The molecule has 0 amide bonds. The lowest BCUT2D eigenvalue weighted by molar-refractivity contribution is 0.143. The Hall–Kier alpha value is -0.840. The summed E-state index contributed by atoms with van der Waals surface area (Å²) in [6.45, 7) is 9.83. The van der Waals surface area contributed by atoms with Crippen LogP contribution in [0, 0.1) is 0 Å². The van der Waals surface area contributed by atoms with E-state index in [0.29, 0.717) is 0 Å². The molecule has 18 heavy (non-hydrogen) atoms. The quantitative estimate of drug-likeness (QED) is 0.650. The van der Waals surface area contributed by atoms with Crippen molar-refractivity contribution in [2.24, 2.45) is 0 Å². The summed E-state index contributed by atoms with van der Waals surface area (Å²) in [6.07, 6.45) is 3.01. The fourth-order valence-corrected chi connectivity index (χ4v) is 1.80. The minimum absolute atomic E-state index is 0.763. The summed E-state index contributed by atoms with van der Waals surface area (Å²) >= 11 is 0. The predicted octanol–water partition coefficient (Wildman–Crippen LogP) is 2.25. The van der Waals surface area contributed by atoms with Gasteiger partial charge in [0.05, 0.1) is 19.4 Å². The number of nitrogens with one attached hydrogen (secondary N) is 1. The molecule has 0 unspecified atom stereocenters. The Labute approximate surface area is 110 Å². The first-order valence-electron chi connectivity index (χ1n) is 6.78. The minimum Gasteiger partial charge on any atom is -0.468 e. The van der Waals surface area contributed by atoms with E-state index >= 15 is 0 Å². The number of rotatable bonds is 10. The molecule has 0 aliphatic rings. The fourth-order valence-electron chi connectivity index (χ4n) is 1.80. The van der Waals surface area contributed by atoms with Crippen molar-refractivity contribution >= 4 is 0 Å². The van der Waals surface area contributed by atoms with Crippen molar-refractivity contribution in [3.05, 3.63) is 23.7 Å². The zero-order valence-electron chi connectivity index (χ0n) is 11.9. The molecule has 0 fully saturated rings. The van der Waals surface area contributed by atoms with Crippen LogP contribution in [0.2, 0.25) is 0 Å². The molecule has 0 saturated heterocycles. The maximum absolute atomic E-state index is 5.59. The maximum Gasteiger partial charge on any atom is 0.118 e. The topological polar surface area (TPSA) is 37.6 Å². The standard InChI is InChI=1S/C14H26N2O2/c1-4-6-15-10-13-9-14(18-12-13)11-16(5-2)7-8-17-3/h9,12,15H,4-8,10-11H2,1-3H3. The van der Waals surface area contributed by atoms with E-state index < -0.39 is 0 Å². The summed E-state index contributed by atoms with van der Waals surface area (Å²) in [5.41, 5.74) is 1.22. The van der Waals surface area contributed by atoms with Crippen molar-refractivity contribution in [3.63, 3.8) is 0 Å². The highest BCUT2D eigenvalue weighted by Gasteiger charge is 2.07. The predicted molar refractivity (Wildman–Crippen MR) is 73.5 cm³/mol. The zero-order valence-corrected chi connectivity index (χ0v) is 11.9. The van der Waals surface area contributed by atoms with Crippen LogP contribution in [0.15, 0.2) is 16.7 Å². The van der Waals surface area contributed by atoms with E-state index in [4.69, 9.17) is 9.15 Å². The Balaban J connectivity index is 2.36. The van der Waals surface area contributed by atoms with Crippen LogP contribution in [0.5, 0.6) is 0 Å². The number of nitrogens with zero attached hydrogens (tertiary/aromatic N) is 1. The summed E-state index contributed by atoms with van der Waals surface area (Å²) in [5, 5.41) is 3.37. The largest absolute Gasteiger partial charge is 0.468 e. The maximum atomic E-state index is 5.59. The van der Waals surface area contributed by atoms with Gasteiger partial charge in [0.1, 0.15) is 5.76 Å². The van der Waals surface area contributed by atoms with E-state index in [1.165, 1.54) is 5.56 Å². The number of hydrogen-bond donors (Lipinski definition) is 1. The average Bonchev–Trinajstić information content (AvgIpc) is 2.82. The molecule has 0 aromatic carbocycles. The fraction of sp³-hybridized carbons (Fsp3) is 0.714. The molecule has 0 spiro atoms. The van der Waals surface area contributed by atoms with E-state index in [1.54, 1.807) is 7.11 Å². The SMILES string of the molecule is CCCNCc1coc(CN(CC)CCOC)c1. The summed E-state index contributed by atoms with van der Waals surface area (Å²) in [4.78, 5) is 2.31. The van der Waals surface area contributed by atoms with Crippen LogP contribution in [-0.2, 0) is 17.8 Å². The highest BCUT2D eigenvalue weighted by atomic mass is 16.5. The molecule has 0 saturated carbocycles. The van der Waals surface area contributed by atoms with E-state index in [2.05, 4.69) is 30.1 Å². The normalized spacial score (nSPS) is 11.3. The molecule has 104 valence electrons. The Morgan fingerprint density at radius 2 is 2.22 bits per heavy atom. The second-order valence-corrected chi connectivity index (χ2v) is 4.46. The number of furan rings is 1. The summed E-state index contributed by atoms with van der Waals surface area (Å²) in [5.74, 6) is 1.03. The lowest BCUT2D eigenvalue weighted by Gasteiger charge is -2.18. The number of ether oxygens (including phenoxy) is 1. The van der Waals surface area contributed by atoms with Crippen LogP contribution in [0.1, 0.15) is 31.6 Å². The molecule has 0 aliphatic carbocycles. The molecule has 0 bridgehead atoms. The van der Waals surface area contributed by atoms with Gasteiger partial charge in [-0.3, -0.25) is 4.90 Å². The highest BCUT2D eigenvalue weighted by molar-refractivity contribution is 5.12. The molecule has 4 heteroatoms. The van der Waals surface area contributed by atoms with Gasteiger partial charge in [-0.2, -0.15) is 0 Å². The first-order valence-corrected chi connectivity index (χ1v) is 6.78. The Bertz CT molecular complexity index is 312. The lowest BCUT2D eigenvalue weighted by atomic mass is 10.3. The van der Waals surface area contributed by atoms with Crippen molar-refractivity contribution in [3.8, 4) is 0 Å². The summed E-state index contributed by atoms with van der Waals surface area (Å²) in [7, 11) is 1.73. The van der Waals surface area contributed by atoms with Crippen molar-refractivity contribution in [1.29, 1.82) is 0 Å². The third-order valence-electron chi connectivity index (χ3n) is 2.90. The number of likely N-dealkylation sites (N-methyl/N-ethyl adjacent to an activating group) is 1. The lowest BCUT2D eigenvalue weighted by Crippen LogP contribution is -2.26. The van der Waals surface area contributed by atoms with Crippen LogP contribution in [0.4, 0.5) is 0 Å². The molecule has 1 heterocycles. The van der Waals surface area contributed by atoms with Crippen LogP contribution < -0.4 is 5.32 Å². The van der Waals surface area contributed by atoms with E-state index in [0.717, 1.165) is 51.5 Å². The molecule has 0 aliphatic heterocycles. The third-order valence-corrected chi connectivity index (χ3v) is 2.90. The van der Waals surface area contributed by atoms with Crippen molar-refractivity contribution in [2.75, 3.05) is 33.4 Å². The van der Waals surface area contributed by atoms with Gasteiger partial charge in [-0.05, 0) is 25.6 Å². The third kappa shape index (κ3) is 5.67. The Morgan fingerprint density at radius 3 is 2.89 bits per heavy atom. The Morgan fingerprint density at radius 1 is 1.39 bits per heavy atom. The van der Waals surface area contributed by atoms with Crippen molar-refractivity contribution < 1.29 is 9.15 Å². The highest BCUT2D eigenvalue weighted by Crippen LogP contribution is 2.10. The van der Waals surface area contributed by atoms with E-state index in [-0.39, 0.29) is 0 Å². The minimum atomic E-state index is 0.763. The second-order valence-electron chi connectivity index (χ2n) is 4.46. The monoisotopic (exact) mass is 254 g/mol. The molecule has 1 N–H and O–H groups in total. The van der Waals surface area contributed by atoms with Crippen LogP contribution >= 0.6 is 0 Å². The van der Waals surface area contributed by atoms with E-state index in [1.807, 2.05) is 6.26 Å². The zero-order chi connectivity index (χ0) is 13.2. The average molecular weight is 254 g/mol. The van der Waals surface area contributed by atoms with Gasteiger partial charge >= 0.3 is 0 Å². The molecule has 1 aromatic rings. The molecular formula is C14H26N2O2. The van der Waals surface area contributed by atoms with Gasteiger partial charge in [-0.25, -0.2) is 0 Å². The molecule has 1 rings (SSSR count). The second kappa shape index (κ2) is 9.14. The number of methoxy groups -OCH3 is 1. The van der Waals surface area contributed by atoms with Crippen LogP contribution in [0.25, 0.3) is 0 Å². The molecule has 1 aromatic heterocycles. The molecule has 0 radical (unpaired) electrons.